The summed E-state index contributed by atoms with van der Waals surface area (Å²) >= 11 is 19.5. The van der Waals surface area contributed by atoms with Gasteiger partial charge in [-0.25, -0.2) is 0 Å². The Balaban J connectivity index is 2.74. The van der Waals surface area contributed by atoms with Gasteiger partial charge in [0.05, 0.1) is 20.6 Å². The molecular formula is C13H5Cl3F3I. The van der Waals surface area contributed by atoms with Gasteiger partial charge in [0, 0.05) is 9.13 Å². The average molecular weight is 451 g/mol. The largest absolute Gasteiger partial charge is 0.417 e. The molecule has 0 unspecified atom stereocenters. The van der Waals surface area contributed by atoms with Crippen LogP contribution in [-0.2, 0) is 6.18 Å². The van der Waals surface area contributed by atoms with E-state index in [0.717, 1.165) is 6.07 Å². The second kappa shape index (κ2) is 5.91. The lowest BCUT2D eigenvalue weighted by Gasteiger charge is -2.15. The summed E-state index contributed by atoms with van der Waals surface area (Å²) in [6.07, 6.45) is -4.48. The van der Waals surface area contributed by atoms with Gasteiger partial charge in [0.15, 0.2) is 0 Å². The van der Waals surface area contributed by atoms with Crippen molar-refractivity contribution in [2.75, 3.05) is 0 Å². The van der Waals surface area contributed by atoms with Gasteiger partial charge in [0.2, 0.25) is 0 Å². The molecule has 0 saturated heterocycles. The quantitative estimate of drug-likeness (QED) is 0.326. The van der Waals surface area contributed by atoms with Gasteiger partial charge >= 0.3 is 6.18 Å². The molecule has 0 saturated carbocycles. The van der Waals surface area contributed by atoms with Gasteiger partial charge < -0.3 is 0 Å². The summed E-state index contributed by atoms with van der Waals surface area (Å²) in [7, 11) is 0. The lowest BCUT2D eigenvalue weighted by Crippen LogP contribution is -2.07. The Kier molecular flexibility index (Phi) is 4.79. The highest BCUT2D eigenvalue weighted by Crippen LogP contribution is 2.43. The third-order valence-corrected chi connectivity index (χ3v) is 4.58. The van der Waals surface area contributed by atoms with E-state index in [4.69, 9.17) is 34.8 Å². The first-order valence-electron chi connectivity index (χ1n) is 5.22. The summed E-state index contributed by atoms with van der Waals surface area (Å²) < 4.78 is 39.8. The highest BCUT2D eigenvalue weighted by atomic mass is 127. The van der Waals surface area contributed by atoms with Crippen LogP contribution in [0.1, 0.15) is 5.56 Å². The highest BCUT2D eigenvalue weighted by molar-refractivity contribution is 14.1. The van der Waals surface area contributed by atoms with Crippen molar-refractivity contribution in [3.63, 3.8) is 0 Å². The van der Waals surface area contributed by atoms with Crippen molar-refractivity contribution in [2.24, 2.45) is 0 Å². The third kappa shape index (κ3) is 3.18. The molecule has 0 amide bonds. The van der Waals surface area contributed by atoms with Crippen molar-refractivity contribution < 1.29 is 13.2 Å². The molecule has 106 valence electrons. The molecule has 0 spiro atoms. The summed E-state index contributed by atoms with van der Waals surface area (Å²) in [4.78, 5) is 0. The summed E-state index contributed by atoms with van der Waals surface area (Å²) in [5.74, 6) is 0. The second-order valence-electron chi connectivity index (χ2n) is 3.91. The van der Waals surface area contributed by atoms with Gasteiger partial charge in [-0.05, 0) is 46.4 Å². The predicted octanol–water partition coefficient (Wildman–Crippen LogP) is 6.94. The lowest BCUT2D eigenvalue weighted by atomic mass is 9.99. The average Bonchev–Trinajstić information content (AvgIpc) is 2.36. The van der Waals surface area contributed by atoms with E-state index in [1.165, 1.54) is 18.2 Å². The molecule has 0 fully saturated rings. The van der Waals surface area contributed by atoms with Gasteiger partial charge in [-0.3, -0.25) is 0 Å². The number of hydrogen-bond donors (Lipinski definition) is 0. The Morgan fingerprint density at radius 1 is 0.850 bits per heavy atom. The van der Waals surface area contributed by atoms with Crippen LogP contribution >= 0.6 is 57.4 Å². The molecule has 2 aromatic rings. The normalized spacial score (nSPS) is 11.8. The first-order chi connectivity index (χ1) is 9.21. The van der Waals surface area contributed by atoms with Crippen LogP contribution in [0.5, 0.6) is 0 Å². The van der Waals surface area contributed by atoms with Crippen molar-refractivity contribution in [1.82, 2.24) is 0 Å². The smallest absolute Gasteiger partial charge is 0.166 e. The fraction of sp³-hybridized carbons (Fsp3) is 0.0769. The van der Waals surface area contributed by atoms with Crippen molar-refractivity contribution in [1.29, 1.82) is 0 Å². The third-order valence-electron chi connectivity index (χ3n) is 2.61. The summed E-state index contributed by atoms with van der Waals surface area (Å²) in [5, 5.41) is 0.239. The van der Waals surface area contributed by atoms with Crippen LogP contribution in [-0.4, -0.2) is 0 Å². The van der Waals surface area contributed by atoms with Gasteiger partial charge in [0.1, 0.15) is 0 Å². The first kappa shape index (κ1) is 16.2. The maximum Gasteiger partial charge on any atom is 0.417 e. The number of hydrogen-bond acceptors (Lipinski definition) is 0. The number of halogens is 7. The Morgan fingerprint density at radius 2 is 1.45 bits per heavy atom. The zero-order valence-corrected chi connectivity index (χ0v) is 14.0. The van der Waals surface area contributed by atoms with Gasteiger partial charge in [-0.15, -0.1) is 0 Å². The Labute approximate surface area is 142 Å². The van der Waals surface area contributed by atoms with Crippen molar-refractivity contribution in [3.05, 3.63) is 54.5 Å². The second-order valence-corrected chi connectivity index (χ2v) is 6.32. The number of alkyl halides is 3. The molecule has 2 rings (SSSR count). The number of benzene rings is 2. The standard InChI is InChI=1S/C13H5Cl3F3I/c14-10-4-3-8(11(15)12(10)16)7-2-1-6(20)5-9(7)13(17,18)19/h1-5H. The Bertz CT molecular complexity index is 669. The topological polar surface area (TPSA) is 0 Å². The van der Waals surface area contributed by atoms with E-state index in [-0.39, 0.29) is 26.2 Å². The van der Waals surface area contributed by atoms with Crippen LogP contribution in [0.3, 0.4) is 0 Å². The van der Waals surface area contributed by atoms with Crippen molar-refractivity contribution in [3.8, 4) is 11.1 Å². The minimum atomic E-state index is -4.48. The minimum absolute atomic E-state index is 0.00544. The summed E-state index contributed by atoms with van der Waals surface area (Å²) in [6, 6.07) is 6.85. The van der Waals surface area contributed by atoms with Crippen LogP contribution < -0.4 is 0 Å². The fourth-order valence-corrected chi connectivity index (χ4v) is 2.85. The van der Waals surface area contributed by atoms with E-state index >= 15 is 0 Å². The molecule has 0 nitrogen and oxygen atoms in total. The molecule has 0 radical (unpaired) electrons. The molecule has 0 aliphatic carbocycles. The molecule has 0 heterocycles. The van der Waals surface area contributed by atoms with Gasteiger partial charge in [-0.2, -0.15) is 13.2 Å². The van der Waals surface area contributed by atoms with Gasteiger partial charge in [0.25, 0.3) is 0 Å². The van der Waals surface area contributed by atoms with Crippen LogP contribution in [0.25, 0.3) is 11.1 Å². The van der Waals surface area contributed by atoms with Crippen LogP contribution in [0.2, 0.25) is 15.1 Å². The monoisotopic (exact) mass is 450 g/mol. The van der Waals surface area contributed by atoms with Crippen LogP contribution in [0, 0.1) is 3.57 Å². The molecule has 7 heteroatoms. The fourth-order valence-electron chi connectivity index (χ4n) is 1.72. The predicted molar refractivity (Wildman–Crippen MR) is 84.6 cm³/mol. The molecule has 0 N–H and O–H groups in total. The summed E-state index contributed by atoms with van der Waals surface area (Å²) in [5.41, 5.74) is -0.587. The zero-order valence-electron chi connectivity index (χ0n) is 9.53. The molecule has 0 aromatic heterocycles. The first-order valence-corrected chi connectivity index (χ1v) is 7.43. The molecule has 0 bridgehead atoms. The molecule has 2 aromatic carbocycles. The van der Waals surface area contributed by atoms with E-state index in [0.29, 0.717) is 3.57 Å². The van der Waals surface area contributed by atoms with E-state index in [1.807, 2.05) is 22.6 Å². The maximum absolute atomic E-state index is 13.1. The van der Waals surface area contributed by atoms with E-state index in [1.54, 1.807) is 6.07 Å². The SMILES string of the molecule is FC(F)(F)c1cc(I)ccc1-c1ccc(Cl)c(Cl)c1Cl. The summed E-state index contributed by atoms with van der Waals surface area (Å²) in [6.45, 7) is 0. The van der Waals surface area contributed by atoms with Crippen LogP contribution in [0.15, 0.2) is 30.3 Å². The Morgan fingerprint density at radius 3 is 2.05 bits per heavy atom. The minimum Gasteiger partial charge on any atom is -0.166 e. The number of rotatable bonds is 1. The van der Waals surface area contributed by atoms with Gasteiger partial charge in [-0.1, -0.05) is 46.9 Å². The van der Waals surface area contributed by atoms with Crippen molar-refractivity contribution in [2.45, 2.75) is 6.18 Å². The molecule has 0 aliphatic rings. The Hall–Kier alpha value is -0.170. The zero-order chi connectivity index (χ0) is 15.1. The van der Waals surface area contributed by atoms with Crippen molar-refractivity contribution >= 4 is 57.4 Å². The molecule has 20 heavy (non-hydrogen) atoms. The lowest BCUT2D eigenvalue weighted by molar-refractivity contribution is -0.137. The van der Waals surface area contributed by atoms with E-state index in [9.17, 15) is 13.2 Å². The molecule has 0 aliphatic heterocycles. The van der Waals surface area contributed by atoms with Crippen LogP contribution in [0.4, 0.5) is 13.2 Å². The molecular weight excluding hydrogens is 446 g/mol. The van der Waals surface area contributed by atoms with E-state index < -0.39 is 11.7 Å². The van der Waals surface area contributed by atoms with E-state index in [2.05, 4.69) is 0 Å². The highest BCUT2D eigenvalue weighted by Gasteiger charge is 2.34. The maximum atomic E-state index is 13.1. The molecule has 0 atom stereocenters.